The average molecular weight is 383 g/mol. The fourth-order valence-electron chi connectivity index (χ4n) is 3.69. The van der Waals surface area contributed by atoms with E-state index in [0.29, 0.717) is 49.6 Å². The molecule has 1 aromatic heterocycles. The van der Waals surface area contributed by atoms with E-state index in [-0.39, 0.29) is 6.03 Å². The first kappa shape index (κ1) is 17.6. The molecule has 27 heavy (non-hydrogen) atoms. The van der Waals surface area contributed by atoms with Crippen LogP contribution in [-0.2, 0) is 13.0 Å². The Morgan fingerprint density at radius 1 is 1.11 bits per heavy atom. The molecule has 4 rings (SSSR count). The van der Waals surface area contributed by atoms with Crippen LogP contribution in [0.25, 0.3) is 5.57 Å². The number of nitriles is 1. The summed E-state index contributed by atoms with van der Waals surface area (Å²) in [5.41, 5.74) is 4.62. The lowest BCUT2D eigenvalue weighted by Gasteiger charge is -2.35. The topological polar surface area (TPSA) is 73.4 Å². The van der Waals surface area contributed by atoms with Crippen molar-refractivity contribution in [2.75, 3.05) is 19.6 Å². The monoisotopic (exact) mass is 382 g/mol. The number of hydrogen-bond donors (Lipinski definition) is 0. The Labute approximate surface area is 162 Å². The first-order chi connectivity index (χ1) is 13.2. The number of benzene rings is 1. The standard InChI is InChI=1S/C20H19ClN4O2/c21-17-3-1-14(2-4-17)18(11-22)15-5-8-24(9-6-15)20(26)25-10-7-19-16(12-25)13-27-23-19/h1-4,13H,5-10,12H2. The number of hydrogen-bond acceptors (Lipinski definition) is 4. The van der Waals surface area contributed by atoms with Crippen LogP contribution in [0.15, 0.2) is 40.6 Å². The summed E-state index contributed by atoms with van der Waals surface area (Å²) in [5, 5.41) is 14.2. The molecular formula is C20H19ClN4O2. The van der Waals surface area contributed by atoms with Crippen LogP contribution in [0.3, 0.4) is 0 Å². The lowest BCUT2D eigenvalue weighted by atomic mass is 9.94. The smallest absolute Gasteiger partial charge is 0.320 e. The van der Waals surface area contributed by atoms with Crippen LogP contribution in [0.1, 0.15) is 29.7 Å². The van der Waals surface area contributed by atoms with Crippen LogP contribution in [0.2, 0.25) is 5.02 Å². The Bertz CT molecular complexity index is 916. The highest BCUT2D eigenvalue weighted by molar-refractivity contribution is 6.30. The maximum Gasteiger partial charge on any atom is 0.320 e. The molecule has 6 nitrogen and oxygen atoms in total. The lowest BCUT2D eigenvalue weighted by Crippen LogP contribution is -2.47. The van der Waals surface area contributed by atoms with Crippen molar-refractivity contribution in [1.82, 2.24) is 15.0 Å². The number of halogens is 1. The molecular weight excluding hydrogens is 364 g/mol. The molecule has 0 N–H and O–H groups in total. The molecule has 2 aromatic rings. The summed E-state index contributed by atoms with van der Waals surface area (Å²) in [6, 6.07) is 9.71. The average Bonchev–Trinajstić information content (AvgIpc) is 3.18. The quantitative estimate of drug-likeness (QED) is 0.701. The Balaban J connectivity index is 1.43. The third-order valence-electron chi connectivity index (χ3n) is 5.21. The molecule has 138 valence electrons. The van der Waals surface area contributed by atoms with Gasteiger partial charge < -0.3 is 14.3 Å². The highest BCUT2D eigenvalue weighted by Crippen LogP contribution is 2.28. The van der Waals surface area contributed by atoms with Gasteiger partial charge in [-0.05, 0) is 36.1 Å². The van der Waals surface area contributed by atoms with Crippen molar-refractivity contribution in [2.24, 2.45) is 0 Å². The molecule has 2 aliphatic heterocycles. The second-order valence-electron chi connectivity index (χ2n) is 6.82. The van der Waals surface area contributed by atoms with Crippen molar-refractivity contribution < 1.29 is 9.32 Å². The van der Waals surface area contributed by atoms with Gasteiger partial charge in [-0.3, -0.25) is 0 Å². The van der Waals surface area contributed by atoms with Gasteiger partial charge in [0.2, 0.25) is 0 Å². The third kappa shape index (κ3) is 3.56. The number of likely N-dealkylation sites (tertiary alicyclic amines) is 1. The van der Waals surface area contributed by atoms with E-state index in [1.807, 2.05) is 21.9 Å². The van der Waals surface area contributed by atoms with Crippen molar-refractivity contribution in [3.63, 3.8) is 0 Å². The minimum atomic E-state index is 0.0471. The van der Waals surface area contributed by atoms with Gasteiger partial charge in [-0.25, -0.2) is 4.79 Å². The van der Waals surface area contributed by atoms with E-state index in [1.54, 1.807) is 18.4 Å². The van der Waals surface area contributed by atoms with Gasteiger partial charge in [0.1, 0.15) is 6.26 Å². The largest absolute Gasteiger partial charge is 0.364 e. The Morgan fingerprint density at radius 3 is 2.52 bits per heavy atom. The van der Waals surface area contributed by atoms with Gasteiger partial charge >= 0.3 is 6.03 Å². The first-order valence-corrected chi connectivity index (χ1v) is 9.37. The SMILES string of the molecule is N#CC(=C1CCN(C(=O)N2CCc3nocc3C2)CC1)c1ccc(Cl)cc1. The van der Waals surface area contributed by atoms with Crippen LogP contribution < -0.4 is 0 Å². The zero-order valence-electron chi connectivity index (χ0n) is 14.8. The highest BCUT2D eigenvalue weighted by atomic mass is 35.5. The summed E-state index contributed by atoms with van der Waals surface area (Å²) in [5.74, 6) is 0. The molecule has 0 unspecified atom stereocenters. The number of piperidine rings is 1. The van der Waals surface area contributed by atoms with E-state index in [0.717, 1.165) is 28.8 Å². The van der Waals surface area contributed by atoms with Gasteiger partial charge in [-0.1, -0.05) is 28.9 Å². The summed E-state index contributed by atoms with van der Waals surface area (Å²) in [4.78, 5) is 16.6. The molecule has 1 saturated heterocycles. The molecule has 3 heterocycles. The molecule has 1 fully saturated rings. The lowest BCUT2D eigenvalue weighted by molar-refractivity contribution is 0.144. The van der Waals surface area contributed by atoms with E-state index >= 15 is 0 Å². The number of carbonyl (C=O) groups is 1. The number of nitrogens with zero attached hydrogens (tertiary/aromatic N) is 4. The molecule has 0 spiro atoms. The predicted octanol–water partition coefficient (Wildman–Crippen LogP) is 3.88. The third-order valence-corrected chi connectivity index (χ3v) is 5.47. The van der Waals surface area contributed by atoms with Crippen molar-refractivity contribution in [3.05, 3.63) is 57.9 Å². The Kier molecular flexibility index (Phi) is 4.87. The van der Waals surface area contributed by atoms with Gasteiger partial charge in [0, 0.05) is 36.6 Å². The van der Waals surface area contributed by atoms with Crippen molar-refractivity contribution in [2.45, 2.75) is 25.8 Å². The van der Waals surface area contributed by atoms with Gasteiger partial charge in [-0.2, -0.15) is 5.26 Å². The van der Waals surface area contributed by atoms with Crippen LogP contribution in [0.5, 0.6) is 0 Å². The normalized spacial score (nSPS) is 16.7. The number of allylic oxidation sites excluding steroid dienone is 1. The number of rotatable bonds is 1. The second-order valence-corrected chi connectivity index (χ2v) is 7.26. The zero-order chi connectivity index (χ0) is 18.8. The van der Waals surface area contributed by atoms with E-state index < -0.39 is 0 Å². The van der Waals surface area contributed by atoms with Crippen LogP contribution in [0.4, 0.5) is 4.79 Å². The van der Waals surface area contributed by atoms with Gasteiger partial charge in [0.25, 0.3) is 0 Å². The maximum atomic E-state index is 12.8. The molecule has 2 aliphatic rings. The summed E-state index contributed by atoms with van der Waals surface area (Å²) in [6.45, 7) is 2.46. The molecule has 0 bridgehead atoms. The predicted molar refractivity (Wildman–Crippen MR) is 101 cm³/mol. The molecule has 1 aromatic carbocycles. The van der Waals surface area contributed by atoms with E-state index in [9.17, 15) is 10.1 Å². The molecule has 0 aliphatic carbocycles. The summed E-state index contributed by atoms with van der Waals surface area (Å²) in [7, 11) is 0. The van der Waals surface area contributed by atoms with E-state index in [1.165, 1.54) is 0 Å². The minimum Gasteiger partial charge on any atom is -0.364 e. The number of urea groups is 1. The molecule has 7 heteroatoms. The number of amides is 2. The zero-order valence-corrected chi connectivity index (χ0v) is 15.6. The molecule has 0 atom stereocenters. The second kappa shape index (κ2) is 7.45. The summed E-state index contributed by atoms with van der Waals surface area (Å²) >= 11 is 5.94. The van der Waals surface area contributed by atoms with E-state index in [2.05, 4.69) is 11.2 Å². The molecule has 2 amide bonds. The Hall–Kier alpha value is -2.78. The van der Waals surface area contributed by atoms with Crippen molar-refractivity contribution in [3.8, 4) is 6.07 Å². The Morgan fingerprint density at radius 2 is 1.81 bits per heavy atom. The van der Waals surface area contributed by atoms with Crippen molar-refractivity contribution >= 4 is 23.2 Å². The molecule has 0 radical (unpaired) electrons. The van der Waals surface area contributed by atoms with Gasteiger partial charge in [-0.15, -0.1) is 0 Å². The summed E-state index contributed by atoms with van der Waals surface area (Å²) < 4.78 is 5.00. The van der Waals surface area contributed by atoms with Gasteiger partial charge in [0.15, 0.2) is 0 Å². The summed E-state index contributed by atoms with van der Waals surface area (Å²) in [6.07, 6.45) is 3.77. The number of fused-ring (bicyclic) bond motifs is 1. The minimum absolute atomic E-state index is 0.0471. The fourth-order valence-corrected chi connectivity index (χ4v) is 3.81. The maximum absolute atomic E-state index is 12.8. The van der Waals surface area contributed by atoms with Crippen molar-refractivity contribution in [1.29, 1.82) is 5.26 Å². The number of carbonyl (C=O) groups excluding carboxylic acids is 1. The van der Waals surface area contributed by atoms with Crippen LogP contribution >= 0.6 is 11.6 Å². The van der Waals surface area contributed by atoms with E-state index in [4.69, 9.17) is 16.1 Å². The van der Waals surface area contributed by atoms with Crippen LogP contribution in [-0.4, -0.2) is 40.6 Å². The first-order valence-electron chi connectivity index (χ1n) is 8.99. The van der Waals surface area contributed by atoms with Crippen LogP contribution in [0, 0.1) is 11.3 Å². The fraction of sp³-hybridized carbons (Fsp3) is 0.350. The highest BCUT2D eigenvalue weighted by Gasteiger charge is 2.29. The molecule has 0 saturated carbocycles. The number of aromatic nitrogens is 1. The van der Waals surface area contributed by atoms with Gasteiger partial charge in [0.05, 0.1) is 23.9 Å².